The van der Waals surface area contributed by atoms with Gasteiger partial charge >= 0.3 is 12.2 Å². The van der Waals surface area contributed by atoms with E-state index in [0.717, 1.165) is 24.3 Å². The number of halogens is 5. The fourth-order valence-electron chi connectivity index (χ4n) is 2.60. The number of amides is 2. The Hall–Kier alpha value is -2.29. The zero-order valence-electron chi connectivity index (χ0n) is 13.2. The number of carbonyl (C=O) groups excluding carboxylic acids is 1. The molecule has 3 rings (SSSR count). The van der Waals surface area contributed by atoms with Crippen LogP contribution in [0.15, 0.2) is 42.5 Å². The molecule has 0 radical (unpaired) electrons. The molecule has 1 atom stereocenters. The first kappa shape index (κ1) is 18.5. The molecule has 2 amide bonds. The molecule has 1 aliphatic rings. The van der Waals surface area contributed by atoms with Crippen molar-refractivity contribution >= 4 is 23.5 Å². The fourth-order valence-corrected chi connectivity index (χ4v) is 3.85. The maximum atomic E-state index is 13.7. The Labute approximate surface area is 150 Å². The van der Waals surface area contributed by atoms with E-state index in [9.17, 15) is 26.7 Å². The van der Waals surface area contributed by atoms with Gasteiger partial charge in [0.2, 0.25) is 0 Å². The molecule has 3 nitrogen and oxygen atoms in total. The molecule has 0 bridgehead atoms. The fraction of sp³-hybridized carbons (Fsp3) is 0.235. The molecule has 138 valence electrons. The molecule has 1 unspecified atom stereocenters. The Kier molecular flexibility index (Phi) is 5.08. The van der Waals surface area contributed by atoms with Gasteiger partial charge in [0.15, 0.2) is 0 Å². The number of rotatable bonds is 2. The number of hydrogen-bond donors (Lipinski definition) is 1. The van der Waals surface area contributed by atoms with Crippen LogP contribution in [-0.4, -0.2) is 23.2 Å². The summed E-state index contributed by atoms with van der Waals surface area (Å²) >= 11 is 1.31. The van der Waals surface area contributed by atoms with E-state index < -0.39 is 34.8 Å². The van der Waals surface area contributed by atoms with Crippen molar-refractivity contribution in [1.82, 2.24) is 4.90 Å². The molecule has 1 heterocycles. The Morgan fingerprint density at radius 1 is 1.15 bits per heavy atom. The van der Waals surface area contributed by atoms with Gasteiger partial charge in [-0.3, -0.25) is 0 Å². The molecule has 0 spiro atoms. The lowest BCUT2D eigenvalue weighted by atomic mass is 10.1. The Balaban J connectivity index is 1.81. The predicted molar refractivity (Wildman–Crippen MR) is 88.7 cm³/mol. The summed E-state index contributed by atoms with van der Waals surface area (Å²) in [7, 11) is 0. The lowest BCUT2D eigenvalue weighted by Gasteiger charge is -2.25. The highest BCUT2D eigenvalue weighted by Gasteiger charge is 2.34. The largest absolute Gasteiger partial charge is 0.416 e. The predicted octanol–water partition coefficient (Wildman–Crippen LogP) is 5.26. The van der Waals surface area contributed by atoms with Gasteiger partial charge in [0.25, 0.3) is 0 Å². The number of anilines is 1. The first-order valence-electron chi connectivity index (χ1n) is 7.57. The lowest BCUT2D eigenvalue weighted by molar-refractivity contribution is -0.137. The van der Waals surface area contributed by atoms with E-state index in [0.29, 0.717) is 23.9 Å². The Bertz CT molecular complexity index is 827. The molecule has 1 aliphatic heterocycles. The number of hydrogen-bond acceptors (Lipinski definition) is 2. The minimum absolute atomic E-state index is 0.198. The topological polar surface area (TPSA) is 32.3 Å². The summed E-state index contributed by atoms with van der Waals surface area (Å²) in [6, 6.07) is 6.82. The van der Waals surface area contributed by atoms with Crippen molar-refractivity contribution in [2.24, 2.45) is 0 Å². The molecule has 0 saturated carbocycles. The highest BCUT2D eigenvalue weighted by molar-refractivity contribution is 7.99. The average Bonchev–Trinajstić information content (AvgIpc) is 3.06. The van der Waals surface area contributed by atoms with E-state index in [1.165, 1.54) is 28.8 Å². The summed E-state index contributed by atoms with van der Waals surface area (Å²) in [6.07, 6.45) is -4.48. The molecule has 26 heavy (non-hydrogen) atoms. The van der Waals surface area contributed by atoms with Crippen LogP contribution in [0, 0.1) is 11.6 Å². The number of nitrogens with zero attached hydrogens (tertiary/aromatic N) is 1. The molecule has 1 fully saturated rings. The maximum absolute atomic E-state index is 13.7. The summed E-state index contributed by atoms with van der Waals surface area (Å²) in [5.41, 5.74) is -0.666. The highest BCUT2D eigenvalue weighted by atomic mass is 32.2. The van der Waals surface area contributed by atoms with E-state index in [4.69, 9.17) is 0 Å². The van der Waals surface area contributed by atoms with Crippen LogP contribution in [0.25, 0.3) is 0 Å². The van der Waals surface area contributed by atoms with E-state index in [1.807, 2.05) is 0 Å². The third-order valence-electron chi connectivity index (χ3n) is 3.82. The monoisotopic (exact) mass is 388 g/mol. The van der Waals surface area contributed by atoms with Crippen LogP contribution in [0.5, 0.6) is 0 Å². The highest BCUT2D eigenvalue weighted by Crippen LogP contribution is 2.40. The first-order chi connectivity index (χ1) is 12.3. The summed E-state index contributed by atoms with van der Waals surface area (Å²) < 4.78 is 65.4. The van der Waals surface area contributed by atoms with Crippen molar-refractivity contribution in [3.8, 4) is 0 Å². The summed E-state index contributed by atoms with van der Waals surface area (Å²) in [5.74, 6) is -1.18. The van der Waals surface area contributed by atoms with Gasteiger partial charge in [-0.15, -0.1) is 11.8 Å². The van der Waals surface area contributed by atoms with Gasteiger partial charge in [0.05, 0.1) is 11.3 Å². The molecule has 1 N–H and O–H groups in total. The van der Waals surface area contributed by atoms with Crippen LogP contribution in [0.3, 0.4) is 0 Å². The van der Waals surface area contributed by atoms with Crippen LogP contribution >= 0.6 is 11.8 Å². The Morgan fingerprint density at radius 2 is 1.92 bits per heavy atom. The number of nitrogens with one attached hydrogen (secondary N) is 1. The molecule has 2 aromatic rings. The van der Waals surface area contributed by atoms with Gasteiger partial charge in [0.1, 0.15) is 17.0 Å². The second kappa shape index (κ2) is 7.14. The van der Waals surface area contributed by atoms with Gasteiger partial charge in [0, 0.05) is 18.4 Å². The van der Waals surface area contributed by atoms with Gasteiger partial charge in [-0.2, -0.15) is 13.2 Å². The second-order valence-electron chi connectivity index (χ2n) is 5.59. The van der Waals surface area contributed by atoms with Crippen LogP contribution in [0.4, 0.5) is 32.4 Å². The summed E-state index contributed by atoms with van der Waals surface area (Å²) in [6.45, 7) is 0.292. The van der Waals surface area contributed by atoms with Gasteiger partial charge in [-0.25, -0.2) is 13.6 Å². The summed E-state index contributed by atoms with van der Waals surface area (Å²) in [5, 5.41) is 1.71. The average molecular weight is 388 g/mol. The number of thioether (sulfide) groups is 1. The number of urea groups is 1. The van der Waals surface area contributed by atoms with Crippen LogP contribution < -0.4 is 5.32 Å². The van der Waals surface area contributed by atoms with Crippen molar-refractivity contribution in [2.75, 3.05) is 17.6 Å². The number of carbonyl (C=O) groups is 1. The molecule has 1 saturated heterocycles. The molecule has 0 aliphatic carbocycles. The zero-order chi connectivity index (χ0) is 18.9. The Morgan fingerprint density at radius 3 is 2.62 bits per heavy atom. The van der Waals surface area contributed by atoms with E-state index in [1.54, 1.807) is 0 Å². The van der Waals surface area contributed by atoms with E-state index in [-0.39, 0.29) is 5.69 Å². The smallest absolute Gasteiger partial charge is 0.308 e. The molecular formula is C17H13F5N2OS. The van der Waals surface area contributed by atoms with Crippen LogP contribution in [0.1, 0.15) is 16.5 Å². The van der Waals surface area contributed by atoms with Crippen molar-refractivity contribution in [2.45, 2.75) is 11.6 Å². The molecule has 9 heteroatoms. The minimum Gasteiger partial charge on any atom is -0.308 e. The van der Waals surface area contributed by atoms with Gasteiger partial charge in [-0.05, 0) is 29.8 Å². The van der Waals surface area contributed by atoms with Crippen molar-refractivity contribution in [3.63, 3.8) is 0 Å². The summed E-state index contributed by atoms with van der Waals surface area (Å²) in [4.78, 5) is 13.8. The lowest BCUT2D eigenvalue weighted by Crippen LogP contribution is -2.34. The second-order valence-corrected chi connectivity index (χ2v) is 6.78. The molecule has 0 aromatic heterocycles. The third-order valence-corrected chi connectivity index (χ3v) is 5.08. The number of benzene rings is 2. The first-order valence-corrected chi connectivity index (χ1v) is 8.62. The van der Waals surface area contributed by atoms with E-state index in [2.05, 4.69) is 5.32 Å². The van der Waals surface area contributed by atoms with Gasteiger partial charge < -0.3 is 10.2 Å². The molecule has 2 aromatic carbocycles. The third kappa shape index (κ3) is 3.92. The maximum Gasteiger partial charge on any atom is 0.416 e. The number of alkyl halides is 3. The van der Waals surface area contributed by atoms with Crippen LogP contribution in [0.2, 0.25) is 0 Å². The van der Waals surface area contributed by atoms with Crippen molar-refractivity contribution in [1.29, 1.82) is 0 Å². The minimum atomic E-state index is -4.48. The van der Waals surface area contributed by atoms with Gasteiger partial charge in [-0.1, -0.05) is 12.1 Å². The normalized spacial score (nSPS) is 17.4. The SMILES string of the molecule is O=C(Nc1ccc(F)cc1F)N1CCSC1c1cccc(C(F)(F)F)c1. The zero-order valence-corrected chi connectivity index (χ0v) is 14.0. The van der Waals surface area contributed by atoms with E-state index >= 15 is 0 Å². The standard InChI is InChI=1S/C17H13F5N2OS/c18-12-4-5-14(13(19)9-12)23-16(25)24-6-7-26-15(24)10-2-1-3-11(8-10)17(20,21)22/h1-5,8-9,15H,6-7H2,(H,23,25). The van der Waals surface area contributed by atoms with Crippen molar-refractivity contribution in [3.05, 3.63) is 65.2 Å². The molecular weight excluding hydrogens is 375 g/mol. The quantitative estimate of drug-likeness (QED) is 0.712. The van der Waals surface area contributed by atoms with Crippen LogP contribution in [-0.2, 0) is 6.18 Å². The van der Waals surface area contributed by atoms with Crippen molar-refractivity contribution < 1.29 is 26.7 Å².